The Bertz CT molecular complexity index is 1100. The number of nitrogens with zero attached hydrogens (tertiary/aromatic N) is 3. The van der Waals surface area contributed by atoms with Gasteiger partial charge in [-0.15, -0.1) is 0 Å². The van der Waals surface area contributed by atoms with E-state index in [1.165, 1.54) is 39.2 Å². The molecule has 31 heavy (non-hydrogen) atoms. The van der Waals surface area contributed by atoms with Crippen LogP contribution in [0.1, 0.15) is 59.5 Å². The van der Waals surface area contributed by atoms with E-state index in [1.807, 2.05) is 36.6 Å². The average molecular weight is 442 g/mol. The predicted octanol–water partition coefficient (Wildman–Crippen LogP) is 5.50. The van der Waals surface area contributed by atoms with Crippen molar-refractivity contribution in [2.45, 2.75) is 52.5 Å². The van der Waals surface area contributed by atoms with E-state index in [4.69, 9.17) is 21.1 Å². The molecule has 0 saturated heterocycles. The maximum atomic E-state index is 12.0. The minimum absolute atomic E-state index is 0.270. The molecule has 0 spiro atoms. The van der Waals surface area contributed by atoms with E-state index < -0.39 is 5.97 Å². The van der Waals surface area contributed by atoms with Crippen molar-refractivity contribution in [2.24, 2.45) is 5.92 Å². The number of methoxy groups -OCH3 is 1. The van der Waals surface area contributed by atoms with E-state index in [9.17, 15) is 4.79 Å². The number of halogens is 1. The van der Waals surface area contributed by atoms with E-state index in [-0.39, 0.29) is 5.69 Å². The highest BCUT2D eigenvalue weighted by atomic mass is 35.5. The van der Waals surface area contributed by atoms with E-state index in [2.05, 4.69) is 9.97 Å². The summed E-state index contributed by atoms with van der Waals surface area (Å²) in [6, 6.07) is 7.54. The van der Waals surface area contributed by atoms with Gasteiger partial charge in [-0.25, -0.2) is 14.8 Å². The second kappa shape index (κ2) is 9.27. The Morgan fingerprint density at radius 2 is 1.94 bits per heavy atom. The van der Waals surface area contributed by atoms with Gasteiger partial charge in [0.25, 0.3) is 0 Å². The molecule has 0 N–H and O–H groups in total. The third-order valence-electron chi connectivity index (χ3n) is 6.04. The molecule has 4 rings (SSSR count). The van der Waals surface area contributed by atoms with E-state index in [1.54, 1.807) is 6.07 Å². The molecule has 1 aromatic carbocycles. The summed E-state index contributed by atoms with van der Waals surface area (Å²) in [7, 11) is 1.35. The van der Waals surface area contributed by atoms with Gasteiger partial charge in [0.05, 0.1) is 20.3 Å². The lowest BCUT2D eigenvalue weighted by atomic mass is 9.90. The number of hydrogen-bond acceptors (Lipinski definition) is 5. The zero-order chi connectivity index (χ0) is 22.0. The van der Waals surface area contributed by atoms with Gasteiger partial charge >= 0.3 is 5.97 Å². The third kappa shape index (κ3) is 4.69. The summed E-state index contributed by atoms with van der Waals surface area (Å²) in [5.41, 5.74) is 3.51. The molecule has 1 aliphatic carbocycles. The molecule has 164 valence electrons. The molecule has 1 aliphatic rings. The number of imidazole rings is 1. The van der Waals surface area contributed by atoms with Crippen molar-refractivity contribution >= 4 is 28.7 Å². The van der Waals surface area contributed by atoms with Crippen LogP contribution in [-0.2, 0) is 11.3 Å². The lowest BCUT2D eigenvalue weighted by molar-refractivity contribution is 0.0594. The fourth-order valence-corrected chi connectivity index (χ4v) is 4.46. The van der Waals surface area contributed by atoms with Gasteiger partial charge in [-0.05, 0) is 61.9 Å². The lowest BCUT2D eigenvalue weighted by Crippen LogP contribution is -2.15. The highest BCUT2D eigenvalue weighted by Crippen LogP contribution is 2.28. The van der Waals surface area contributed by atoms with Crippen molar-refractivity contribution < 1.29 is 14.3 Å². The van der Waals surface area contributed by atoms with E-state index in [0.717, 1.165) is 34.8 Å². The van der Waals surface area contributed by atoms with E-state index >= 15 is 0 Å². The van der Waals surface area contributed by atoms with Crippen molar-refractivity contribution in [1.82, 2.24) is 14.5 Å². The molecule has 7 heteroatoms. The van der Waals surface area contributed by atoms with Crippen molar-refractivity contribution in [3.05, 3.63) is 51.9 Å². The summed E-state index contributed by atoms with van der Waals surface area (Å²) in [5.74, 6) is 1.79. The van der Waals surface area contributed by atoms with Crippen LogP contribution in [0.4, 0.5) is 0 Å². The van der Waals surface area contributed by atoms with Crippen molar-refractivity contribution in [3.8, 4) is 5.75 Å². The second-order valence-electron chi connectivity index (χ2n) is 8.30. The van der Waals surface area contributed by atoms with Crippen LogP contribution in [0.3, 0.4) is 0 Å². The number of aromatic nitrogens is 3. The van der Waals surface area contributed by atoms with Crippen LogP contribution in [0.25, 0.3) is 11.2 Å². The number of ether oxygens (including phenoxy) is 2. The SMILES string of the molecule is COC(=O)c1cc(C)c2nc(C)n(Cc3ccc(OCC4CCCCC4)cc3Cl)c2n1. The summed E-state index contributed by atoms with van der Waals surface area (Å²) in [4.78, 5) is 21.2. The minimum Gasteiger partial charge on any atom is -0.493 e. The summed E-state index contributed by atoms with van der Waals surface area (Å²) in [6.07, 6.45) is 6.45. The molecule has 1 saturated carbocycles. The van der Waals surface area contributed by atoms with Crippen LogP contribution in [0.5, 0.6) is 5.75 Å². The number of fused-ring (bicyclic) bond motifs is 1. The molecular formula is C24H28ClN3O3. The molecule has 0 aliphatic heterocycles. The Labute approximate surface area is 187 Å². The summed E-state index contributed by atoms with van der Waals surface area (Å²) in [6.45, 7) is 5.09. The Balaban J connectivity index is 1.56. The Morgan fingerprint density at radius 3 is 2.65 bits per heavy atom. The topological polar surface area (TPSA) is 66.2 Å². The lowest BCUT2D eigenvalue weighted by Gasteiger charge is -2.21. The summed E-state index contributed by atoms with van der Waals surface area (Å²) >= 11 is 6.60. The zero-order valence-electron chi connectivity index (χ0n) is 18.3. The number of carbonyl (C=O) groups excluding carboxylic acids is 1. The van der Waals surface area contributed by atoms with Gasteiger partial charge in [0.1, 0.15) is 17.1 Å². The largest absolute Gasteiger partial charge is 0.493 e. The second-order valence-corrected chi connectivity index (χ2v) is 8.71. The standard InChI is InChI=1S/C24H28ClN3O3/c1-15-11-21(24(29)30-3)27-23-22(15)26-16(2)28(23)13-18-9-10-19(12-20(18)25)31-14-17-7-5-4-6-8-17/h9-12,17H,4-8,13-14H2,1-3H3. The number of aryl methyl sites for hydroxylation is 2. The zero-order valence-corrected chi connectivity index (χ0v) is 19.0. The van der Waals surface area contributed by atoms with Crippen molar-refractivity contribution in [2.75, 3.05) is 13.7 Å². The van der Waals surface area contributed by atoms with Crippen molar-refractivity contribution in [3.63, 3.8) is 0 Å². The maximum Gasteiger partial charge on any atom is 0.356 e. The first-order valence-electron chi connectivity index (χ1n) is 10.8. The van der Waals surface area contributed by atoms with Gasteiger partial charge in [-0.3, -0.25) is 0 Å². The number of pyridine rings is 1. The van der Waals surface area contributed by atoms with Crippen LogP contribution < -0.4 is 4.74 Å². The quantitative estimate of drug-likeness (QED) is 0.473. The smallest absolute Gasteiger partial charge is 0.356 e. The van der Waals surface area contributed by atoms with Crippen LogP contribution >= 0.6 is 11.6 Å². The summed E-state index contributed by atoms with van der Waals surface area (Å²) < 4.78 is 12.8. The highest BCUT2D eigenvalue weighted by Gasteiger charge is 2.18. The van der Waals surface area contributed by atoms with Crippen LogP contribution in [-0.4, -0.2) is 34.2 Å². The van der Waals surface area contributed by atoms with Gasteiger partial charge in [-0.1, -0.05) is 36.9 Å². The molecule has 2 aromatic heterocycles. The normalized spacial score (nSPS) is 14.7. The molecule has 0 amide bonds. The van der Waals surface area contributed by atoms with Gasteiger partial charge in [0.2, 0.25) is 0 Å². The summed E-state index contributed by atoms with van der Waals surface area (Å²) in [5, 5.41) is 0.642. The number of hydrogen-bond donors (Lipinski definition) is 0. The molecule has 0 unspecified atom stereocenters. The first kappa shape index (κ1) is 21.6. The molecule has 6 nitrogen and oxygen atoms in total. The number of esters is 1. The molecule has 1 fully saturated rings. The Hall–Kier alpha value is -2.60. The maximum absolute atomic E-state index is 12.0. The third-order valence-corrected chi connectivity index (χ3v) is 6.39. The monoisotopic (exact) mass is 441 g/mol. The fourth-order valence-electron chi connectivity index (χ4n) is 4.23. The van der Waals surface area contributed by atoms with Gasteiger partial charge < -0.3 is 14.0 Å². The Morgan fingerprint density at radius 1 is 1.16 bits per heavy atom. The van der Waals surface area contributed by atoms with Crippen LogP contribution in [0.15, 0.2) is 24.3 Å². The molecular weight excluding hydrogens is 414 g/mol. The number of carbonyl (C=O) groups is 1. The van der Waals surface area contributed by atoms with Crippen LogP contribution in [0, 0.1) is 19.8 Å². The van der Waals surface area contributed by atoms with Crippen LogP contribution in [0.2, 0.25) is 5.02 Å². The first-order chi connectivity index (χ1) is 15.0. The minimum atomic E-state index is -0.465. The van der Waals surface area contributed by atoms with Gasteiger partial charge in [0.15, 0.2) is 11.3 Å². The molecule has 2 heterocycles. The molecule has 3 aromatic rings. The van der Waals surface area contributed by atoms with E-state index in [0.29, 0.717) is 23.1 Å². The predicted molar refractivity (Wildman–Crippen MR) is 121 cm³/mol. The Kier molecular flexibility index (Phi) is 6.46. The molecule has 0 bridgehead atoms. The fraction of sp³-hybridized carbons (Fsp3) is 0.458. The number of benzene rings is 1. The highest BCUT2D eigenvalue weighted by molar-refractivity contribution is 6.31. The number of rotatable bonds is 6. The van der Waals surface area contributed by atoms with Crippen molar-refractivity contribution in [1.29, 1.82) is 0 Å². The molecule has 0 radical (unpaired) electrons. The van der Waals surface area contributed by atoms with Gasteiger partial charge in [0, 0.05) is 5.02 Å². The van der Waals surface area contributed by atoms with Gasteiger partial charge in [-0.2, -0.15) is 0 Å². The molecule has 0 atom stereocenters. The average Bonchev–Trinajstić information content (AvgIpc) is 3.09. The first-order valence-corrected chi connectivity index (χ1v) is 11.2.